The van der Waals surface area contributed by atoms with Crippen LogP contribution in [0.5, 0.6) is 23.0 Å². The van der Waals surface area contributed by atoms with Gasteiger partial charge in [-0.05, 0) is 12.1 Å². The highest BCUT2D eigenvalue weighted by atomic mass is 16.6. The molecule has 2 aliphatic heterocycles. The van der Waals surface area contributed by atoms with E-state index in [1.807, 2.05) is 36.4 Å². The molecule has 0 aliphatic carbocycles. The third-order valence-electron chi connectivity index (χ3n) is 4.45. The van der Waals surface area contributed by atoms with Gasteiger partial charge in [-0.1, -0.05) is 24.3 Å². The molecule has 0 radical (unpaired) electrons. The molecule has 0 saturated carbocycles. The third-order valence-corrected chi connectivity index (χ3v) is 4.45. The van der Waals surface area contributed by atoms with E-state index in [0.717, 1.165) is 48.7 Å². The second kappa shape index (κ2) is 6.94. The molecule has 0 bridgehead atoms. The molecule has 2 fully saturated rings. The Bertz CT molecular complexity index is 686. The first-order chi connectivity index (χ1) is 12.3. The number of benzene rings is 2. The molecule has 2 atom stereocenters. The number of methoxy groups -OCH3 is 2. The Kier molecular flexibility index (Phi) is 4.51. The van der Waals surface area contributed by atoms with E-state index in [0.29, 0.717) is 23.7 Å². The number of rotatable bonds is 8. The number of hydrogen-bond donors (Lipinski definition) is 0. The molecule has 5 nitrogen and oxygen atoms in total. The van der Waals surface area contributed by atoms with Crippen molar-refractivity contribution < 1.29 is 23.7 Å². The predicted octanol–water partition coefficient (Wildman–Crippen LogP) is 3.38. The van der Waals surface area contributed by atoms with Gasteiger partial charge >= 0.3 is 0 Å². The van der Waals surface area contributed by atoms with Crippen LogP contribution < -0.4 is 14.2 Å². The average molecular weight is 342 g/mol. The Hall–Kier alpha value is -2.24. The van der Waals surface area contributed by atoms with Crippen LogP contribution in [0.15, 0.2) is 36.4 Å². The monoisotopic (exact) mass is 342 g/mol. The summed E-state index contributed by atoms with van der Waals surface area (Å²) in [5.41, 5.74) is 2.17. The maximum Gasteiger partial charge on any atom is 0.169 e. The molecule has 0 spiro atoms. The first kappa shape index (κ1) is 16.2. The van der Waals surface area contributed by atoms with E-state index >= 15 is 0 Å². The van der Waals surface area contributed by atoms with Gasteiger partial charge in [-0.25, -0.2) is 0 Å². The summed E-state index contributed by atoms with van der Waals surface area (Å²) in [6.07, 6.45) is 2.24. The van der Waals surface area contributed by atoms with E-state index in [2.05, 4.69) is 0 Å². The number of hydrogen-bond acceptors (Lipinski definition) is 5. The molecular formula is C20H22O5. The lowest BCUT2D eigenvalue weighted by atomic mass is 10.1. The molecule has 5 heteroatoms. The lowest BCUT2D eigenvalue weighted by Crippen LogP contribution is -2.01. The van der Waals surface area contributed by atoms with E-state index in [1.54, 1.807) is 14.2 Å². The molecule has 2 saturated heterocycles. The quantitative estimate of drug-likeness (QED) is 0.689. The van der Waals surface area contributed by atoms with Crippen molar-refractivity contribution >= 4 is 0 Å². The van der Waals surface area contributed by atoms with E-state index in [1.165, 1.54) is 0 Å². The molecule has 132 valence electrons. The number of para-hydroxylation sites is 2. The standard InChI is InChI=1S/C20H22O5/c1-21-19-13(9-15-11-23-15)5-3-7-17(19)25-18-8-4-6-14(20(18)22-2)10-16-12-24-16/h3-8,15-16H,9-12H2,1-2H3. The number of epoxide rings is 2. The van der Waals surface area contributed by atoms with Gasteiger partial charge in [0.2, 0.25) is 0 Å². The zero-order valence-corrected chi connectivity index (χ0v) is 14.5. The predicted molar refractivity (Wildman–Crippen MR) is 93.0 cm³/mol. The van der Waals surface area contributed by atoms with Crippen LogP contribution in [0.3, 0.4) is 0 Å². The summed E-state index contributed by atoms with van der Waals surface area (Å²) in [5, 5.41) is 0. The molecule has 2 unspecified atom stereocenters. The summed E-state index contributed by atoms with van der Waals surface area (Å²) >= 11 is 0. The van der Waals surface area contributed by atoms with Gasteiger partial charge in [0.05, 0.1) is 39.6 Å². The molecule has 2 heterocycles. The average Bonchev–Trinajstić information content (AvgIpc) is 3.52. The Balaban J connectivity index is 1.62. The minimum atomic E-state index is 0.292. The van der Waals surface area contributed by atoms with E-state index < -0.39 is 0 Å². The Morgan fingerprint density at radius 1 is 0.800 bits per heavy atom. The van der Waals surface area contributed by atoms with Crippen LogP contribution in [-0.4, -0.2) is 39.6 Å². The number of ether oxygens (including phenoxy) is 5. The lowest BCUT2D eigenvalue weighted by molar-refractivity contribution is 0.347. The van der Waals surface area contributed by atoms with Crippen molar-refractivity contribution in [1.29, 1.82) is 0 Å². The minimum absolute atomic E-state index is 0.292. The lowest BCUT2D eigenvalue weighted by Gasteiger charge is -2.17. The highest BCUT2D eigenvalue weighted by Crippen LogP contribution is 2.41. The molecule has 2 aromatic carbocycles. The van der Waals surface area contributed by atoms with Crippen LogP contribution in [0, 0.1) is 0 Å². The van der Waals surface area contributed by atoms with Crippen molar-refractivity contribution in [2.45, 2.75) is 25.0 Å². The van der Waals surface area contributed by atoms with Crippen molar-refractivity contribution in [2.75, 3.05) is 27.4 Å². The van der Waals surface area contributed by atoms with Gasteiger partial charge in [0, 0.05) is 24.0 Å². The fourth-order valence-corrected chi connectivity index (χ4v) is 3.05. The molecule has 2 aromatic rings. The molecule has 25 heavy (non-hydrogen) atoms. The van der Waals surface area contributed by atoms with E-state index in [-0.39, 0.29) is 0 Å². The molecule has 0 aromatic heterocycles. The first-order valence-corrected chi connectivity index (χ1v) is 8.51. The van der Waals surface area contributed by atoms with Gasteiger partial charge in [-0.3, -0.25) is 0 Å². The summed E-state index contributed by atoms with van der Waals surface area (Å²) in [6, 6.07) is 11.9. The van der Waals surface area contributed by atoms with Crippen molar-refractivity contribution in [3.63, 3.8) is 0 Å². The summed E-state index contributed by atoms with van der Waals surface area (Å²) in [7, 11) is 3.33. The SMILES string of the molecule is COc1c(CC2CO2)cccc1Oc1cccc(CC2CO2)c1OC. The van der Waals surface area contributed by atoms with Gasteiger partial charge < -0.3 is 23.7 Å². The maximum absolute atomic E-state index is 6.18. The second-order valence-electron chi connectivity index (χ2n) is 6.32. The van der Waals surface area contributed by atoms with Gasteiger partial charge in [-0.15, -0.1) is 0 Å². The van der Waals surface area contributed by atoms with Crippen molar-refractivity contribution in [1.82, 2.24) is 0 Å². The third kappa shape index (κ3) is 3.72. The topological polar surface area (TPSA) is 52.8 Å². The van der Waals surface area contributed by atoms with Crippen molar-refractivity contribution in [3.05, 3.63) is 47.5 Å². The summed E-state index contributed by atoms with van der Waals surface area (Å²) in [5.74, 6) is 2.85. The summed E-state index contributed by atoms with van der Waals surface area (Å²) in [6.45, 7) is 1.63. The normalized spacial score (nSPS) is 20.9. The fourth-order valence-electron chi connectivity index (χ4n) is 3.05. The van der Waals surface area contributed by atoms with Gasteiger partial charge in [0.25, 0.3) is 0 Å². The van der Waals surface area contributed by atoms with Crippen LogP contribution in [0.4, 0.5) is 0 Å². The molecular weight excluding hydrogens is 320 g/mol. The van der Waals surface area contributed by atoms with Crippen LogP contribution in [0.25, 0.3) is 0 Å². The second-order valence-corrected chi connectivity index (χ2v) is 6.32. The Labute approximate surface area is 147 Å². The molecule has 2 aliphatic rings. The van der Waals surface area contributed by atoms with Gasteiger partial charge in [0.15, 0.2) is 23.0 Å². The zero-order valence-electron chi connectivity index (χ0n) is 14.5. The van der Waals surface area contributed by atoms with E-state index in [9.17, 15) is 0 Å². The first-order valence-electron chi connectivity index (χ1n) is 8.51. The highest BCUT2D eigenvalue weighted by molar-refractivity contribution is 5.53. The van der Waals surface area contributed by atoms with Crippen LogP contribution in [0.2, 0.25) is 0 Å². The van der Waals surface area contributed by atoms with Gasteiger partial charge in [0.1, 0.15) is 0 Å². The smallest absolute Gasteiger partial charge is 0.169 e. The van der Waals surface area contributed by atoms with Crippen molar-refractivity contribution in [3.8, 4) is 23.0 Å². The minimum Gasteiger partial charge on any atom is -0.493 e. The van der Waals surface area contributed by atoms with Gasteiger partial charge in [-0.2, -0.15) is 0 Å². The molecule has 0 N–H and O–H groups in total. The largest absolute Gasteiger partial charge is 0.493 e. The Morgan fingerprint density at radius 3 is 1.60 bits per heavy atom. The fraction of sp³-hybridized carbons (Fsp3) is 0.400. The Morgan fingerprint density at radius 2 is 1.24 bits per heavy atom. The van der Waals surface area contributed by atoms with E-state index in [4.69, 9.17) is 23.7 Å². The summed E-state index contributed by atoms with van der Waals surface area (Å²) < 4.78 is 28.1. The molecule has 0 amide bonds. The van der Waals surface area contributed by atoms with Crippen LogP contribution in [0.1, 0.15) is 11.1 Å². The van der Waals surface area contributed by atoms with Crippen molar-refractivity contribution in [2.24, 2.45) is 0 Å². The van der Waals surface area contributed by atoms with Crippen LogP contribution in [-0.2, 0) is 22.3 Å². The zero-order chi connectivity index (χ0) is 17.2. The van der Waals surface area contributed by atoms with Crippen LogP contribution >= 0.6 is 0 Å². The summed E-state index contributed by atoms with van der Waals surface area (Å²) in [4.78, 5) is 0. The molecule has 4 rings (SSSR count). The highest BCUT2D eigenvalue weighted by Gasteiger charge is 2.27. The maximum atomic E-state index is 6.18.